The minimum atomic E-state index is -1.08. The summed E-state index contributed by atoms with van der Waals surface area (Å²) in [6.45, 7) is 15.6. The molecule has 4 nitrogen and oxygen atoms in total. The molecule has 182 valence electrons. The van der Waals surface area contributed by atoms with E-state index >= 15 is 0 Å². The Balaban J connectivity index is -0.000000181. The van der Waals surface area contributed by atoms with Crippen LogP contribution in [0, 0.1) is 13.8 Å². The third kappa shape index (κ3) is 31.1. The summed E-state index contributed by atoms with van der Waals surface area (Å²) in [5.41, 5.74) is 1.18. The van der Waals surface area contributed by atoms with E-state index in [1.165, 1.54) is 38.5 Å². The second-order valence-corrected chi connectivity index (χ2v) is 7.29. The molecule has 0 aliphatic carbocycles. The van der Waals surface area contributed by atoms with E-state index in [0.29, 0.717) is 5.56 Å². The molecular weight excluding hydrogens is 507 g/mol. The molecule has 0 bridgehead atoms. The SMILES string of the molecule is CCCCCCCCC(=O)[O-].CCCc1ccccc1C(=O)[O-].[CH2]CCC.[CH2]CCC.[Sn+2]. The second-order valence-electron chi connectivity index (χ2n) is 7.29. The van der Waals surface area contributed by atoms with Gasteiger partial charge in [-0.15, -0.1) is 0 Å². The largest absolute Gasteiger partial charge is 2.00 e. The Kier molecular flexibility index (Phi) is 38.4. The zero-order chi connectivity index (χ0) is 24.3. The fourth-order valence-corrected chi connectivity index (χ4v) is 2.26. The maximum Gasteiger partial charge on any atom is 2.00 e. The van der Waals surface area contributed by atoms with Crippen LogP contribution in [0.2, 0.25) is 0 Å². The van der Waals surface area contributed by atoms with Crippen molar-refractivity contribution in [2.45, 2.75) is 111 Å². The number of benzene rings is 1. The van der Waals surface area contributed by atoms with Gasteiger partial charge in [-0.2, -0.15) is 0 Å². The first kappa shape index (κ1) is 38.2. The molecule has 0 atom stereocenters. The normalized spacial score (nSPS) is 8.94. The molecule has 0 aliphatic heterocycles. The standard InChI is InChI=1S/C10H12O2.C9H18O2.2C4H9.Sn/c1-2-5-8-6-3-4-7-9(8)10(11)12;1-2-3-4-5-6-7-8-9(10)11;2*1-3-4-2;/h3-4,6-7H,2,5H2,1H3,(H,11,12);2-8H2,1H3,(H,10,11);2*1,3-4H2,2H3;/q;;;;+2/p-2. The van der Waals surface area contributed by atoms with Gasteiger partial charge in [-0.3, -0.25) is 0 Å². The Labute approximate surface area is 215 Å². The van der Waals surface area contributed by atoms with Gasteiger partial charge in [-0.25, -0.2) is 0 Å². The van der Waals surface area contributed by atoms with E-state index < -0.39 is 11.9 Å². The van der Waals surface area contributed by atoms with E-state index in [1.54, 1.807) is 12.1 Å². The van der Waals surface area contributed by atoms with Crippen molar-refractivity contribution < 1.29 is 19.8 Å². The van der Waals surface area contributed by atoms with Gasteiger partial charge in [-0.05, 0) is 24.8 Å². The van der Waals surface area contributed by atoms with Crippen molar-refractivity contribution in [3.8, 4) is 0 Å². The number of rotatable bonds is 12. The first-order valence-electron chi connectivity index (χ1n) is 11.9. The molecule has 0 spiro atoms. The van der Waals surface area contributed by atoms with Gasteiger partial charge in [-0.1, -0.05) is 130 Å². The summed E-state index contributed by atoms with van der Waals surface area (Å²) in [4.78, 5) is 20.6. The molecule has 0 heterocycles. The molecule has 5 heteroatoms. The van der Waals surface area contributed by atoms with Crippen LogP contribution in [0.5, 0.6) is 0 Å². The van der Waals surface area contributed by atoms with Crippen LogP contribution in [0.1, 0.15) is 121 Å². The maximum absolute atomic E-state index is 10.6. The van der Waals surface area contributed by atoms with Gasteiger partial charge in [0.1, 0.15) is 0 Å². The molecule has 32 heavy (non-hydrogen) atoms. The summed E-state index contributed by atoms with van der Waals surface area (Å²) in [6.07, 6.45) is 13.3. The van der Waals surface area contributed by atoms with Crippen LogP contribution >= 0.6 is 0 Å². The Morgan fingerprint density at radius 3 is 1.62 bits per heavy atom. The van der Waals surface area contributed by atoms with Gasteiger partial charge in [0.25, 0.3) is 0 Å². The molecule has 0 aromatic heterocycles. The molecule has 0 fully saturated rings. The summed E-state index contributed by atoms with van der Waals surface area (Å²) in [7, 11) is 0. The van der Waals surface area contributed by atoms with E-state index in [2.05, 4.69) is 34.6 Å². The van der Waals surface area contributed by atoms with E-state index in [9.17, 15) is 19.8 Å². The molecule has 0 saturated heterocycles. The van der Waals surface area contributed by atoms with Crippen molar-refractivity contribution in [1.29, 1.82) is 0 Å². The average Bonchev–Trinajstić information content (AvgIpc) is 2.77. The molecule has 0 unspecified atom stereocenters. The van der Waals surface area contributed by atoms with Crippen molar-refractivity contribution >= 4 is 35.8 Å². The Bertz CT molecular complexity index is 510. The van der Waals surface area contributed by atoms with Crippen LogP contribution in [-0.2, 0) is 11.2 Å². The minimum absolute atomic E-state index is 0. The van der Waals surface area contributed by atoms with Crippen LogP contribution in [-0.4, -0.2) is 35.8 Å². The second kappa shape index (κ2) is 32.1. The number of aryl methyl sites for hydroxylation is 1. The number of hydrogen-bond donors (Lipinski definition) is 0. The van der Waals surface area contributed by atoms with Crippen molar-refractivity contribution in [2.75, 3.05) is 0 Å². The first-order chi connectivity index (χ1) is 14.9. The van der Waals surface area contributed by atoms with Crippen LogP contribution < -0.4 is 10.2 Å². The van der Waals surface area contributed by atoms with E-state index in [1.807, 2.05) is 19.1 Å². The van der Waals surface area contributed by atoms with Gasteiger partial charge in [0.2, 0.25) is 0 Å². The smallest absolute Gasteiger partial charge is 0.550 e. The third-order valence-electron chi connectivity index (χ3n) is 4.20. The van der Waals surface area contributed by atoms with Gasteiger partial charge >= 0.3 is 23.9 Å². The zero-order valence-corrected chi connectivity index (χ0v) is 23.9. The first-order valence-corrected chi connectivity index (χ1v) is 11.9. The Morgan fingerprint density at radius 2 is 1.22 bits per heavy atom. The number of unbranched alkanes of at least 4 members (excludes halogenated alkanes) is 7. The van der Waals surface area contributed by atoms with Crippen molar-refractivity contribution in [3.63, 3.8) is 0 Å². The summed E-state index contributed by atoms with van der Waals surface area (Å²) >= 11 is 0. The van der Waals surface area contributed by atoms with Gasteiger partial charge in [0, 0.05) is 11.5 Å². The van der Waals surface area contributed by atoms with E-state index in [0.717, 1.165) is 44.1 Å². The molecule has 0 N–H and O–H groups in total. The topological polar surface area (TPSA) is 80.3 Å². The van der Waals surface area contributed by atoms with Gasteiger partial charge in [0.05, 0.1) is 5.97 Å². The van der Waals surface area contributed by atoms with Crippen molar-refractivity contribution in [1.82, 2.24) is 0 Å². The summed E-state index contributed by atoms with van der Waals surface area (Å²) in [6, 6.07) is 6.97. The quantitative estimate of drug-likeness (QED) is 0.258. The molecule has 0 aliphatic rings. The predicted molar refractivity (Wildman–Crippen MR) is 134 cm³/mol. The monoisotopic (exact) mass is 554 g/mol. The average molecular weight is 553 g/mol. The molecule has 1 aromatic carbocycles. The fraction of sp³-hybridized carbons (Fsp3) is 0.630. The number of carbonyl (C=O) groups excluding carboxylic acids is 2. The number of aromatic carboxylic acids is 1. The summed E-state index contributed by atoms with van der Waals surface area (Å²) < 4.78 is 0. The van der Waals surface area contributed by atoms with Gasteiger partial charge < -0.3 is 19.8 Å². The maximum atomic E-state index is 10.6. The number of hydrogen-bond acceptors (Lipinski definition) is 4. The number of carbonyl (C=O) groups is 2. The molecule has 1 rings (SSSR count). The van der Waals surface area contributed by atoms with E-state index in [-0.39, 0.29) is 30.3 Å². The molecule has 0 saturated carbocycles. The Morgan fingerprint density at radius 1 is 0.750 bits per heavy atom. The summed E-state index contributed by atoms with van der Waals surface area (Å²) in [5.74, 6) is -2.00. The van der Waals surface area contributed by atoms with Crippen molar-refractivity contribution in [3.05, 3.63) is 49.2 Å². The van der Waals surface area contributed by atoms with Crippen LogP contribution in [0.4, 0.5) is 0 Å². The molecular formula is C27H46O4Sn. The number of carboxylic acids is 2. The Hall–Kier alpha value is -1.04. The van der Waals surface area contributed by atoms with Crippen LogP contribution in [0.3, 0.4) is 0 Å². The van der Waals surface area contributed by atoms with Crippen LogP contribution in [0.25, 0.3) is 0 Å². The number of aliphatic carboxylic acids is 1. The number of carboxylic acid groups (broad SMARTS) is 2. The van der Waals surface area contributed by atoms with Gasteiger partial charge in [0.15, 0.2) is 0 Å². The molecule has 0 amide bonds. The van der Waals surface area contributed by atoms with E-state index in [4.69, 9.17) is 0 Å². The third-order valence-corrected chi connectivity index (χ3v) is 4.20. The minimum Gasteiger partial charge on any atom is -0.550 e. The van der Waals surface area contributed by atoms with Crippen LogP contribution in [0.15, 0.2) is 24.3 Å². The molecule has 1 aromatic rings. The predicted octanol–water partition coefficient (Wildman–Crippen LogP) is 5.35. The fourth-order valence-electron chi connectivity index (χ4n) is 2.26. The summed E-state index contributed by atoms with van der Waals surface area (Å²) in [5, 5.41) is 20.6. The van der Waals surface area contributed by atoms with Crippen molar-refractivity contribution in [2.24, 2.45) is 0 Å². The zero-order valence-electron chi connectivity index (χ0n) is 21.0. The molecule has 4 radical (unpaired) electrons.